The smallest absolute Gasteiger partial charge is 0.227 e. The molecule has 6 heteroatoms. The number of rotatable bonds is 8. The minimum Gasteiger partial charge on any atom is -0.341 e. The lowest BCUT2D eigenvalue weighted by molar-refractivity contribution is -0.116. The van der Waals surface area contributed by atoms with Gasteiger partial charge in [0.1, 0.15) is 5.82 Å². The number of amides is 1. The van der Waals surface area contributed by atoms with Crippen LogP contribution in [-0.4, -0.2) is 29.0 Å². The number of nitrogens with one attached hydrogen (secondary N) is 2. The van der Waals surface area contributed by atoms with E-state index < -0.39 is 0 Å². The molecule has 2 N–H and O–H groups in total. The fourth-order valence-electron chi connectivity index (χ4n) is 3.78. The molecule has 1 aliphatic rings. The van der Waals surface area contributed by atoms with Gasteiger partial charge >= 0.3 is 0 Å². The molecule has 6 nitrogen and oxygen atoms in total. The van der Waals surface area contributed by atoms with Gasteiger partial charge in [-0.1, -0.05) is 30.3 Å². The van der Waals surface area contributed by atoms with Crippen molar-refractivity contribution < 1.29 is 4.79 Å². The molecule has 0 aliphatic carbocycles. The minimum atomic E-state index is 0.0401. The molecule has 0 bridgehead atoms. The second-order valence-corrected chi connectivity index (χ2v) is 7.98. The van der Waals surface area contributed by atoms with Gasteiger partial charge in [-0.25, -0.2) is 4.98 Å². The van der Waals surface area contributed by atoms with Crippen molar-refractivity contribution >= 4 is 29.0 Å². The maximum absolute atomic E-state index is 12.2. The van der Waals surface area contributed by atoms with Crippen LogP contribution in [0.25, 0.3) is 0 Å². The SMILES string of the molecule is Cc1cc(Nc2ccc(NC(=O)CCCc3ccccc3)cc2)nc(N2CCCC2)n1. The highest BCUT2D eigenvalue weighted by atomic mass is 16.1. The normalized spacial score (nSPS) is 13.3. The zero-order valence-electron chi connectivity index (χ0n) is 18.0. The molecule has 0 radical (unpaired) electrons. The van der Waals surface area contributed by atoms with Crippen LogP contribution in [0.2, 0.25) is 0 Å². The molecule has 3 aromatic rings. The van der Waals surface area contributed by atoms with Crippen LogP contribution in [0.5, 0.6) is 0 Å². The molecule has 2 heterocycles. The van der Waals surface area contributed by atoms with Crippen LogP contribution in [0.15, 0.2) is 60.7 Å². The lowest BCUT2D eigenvalue weighted by atomic mass is 10.1. The number of aromatic nitrogens is 2. The Morgan fingerprint density at radius 1 is 0.968 bits per heavy atom. The van der Waals surface area contributed by atoms with Crippen LogP contribution in [-0.2, 0) is 11.2 Å². The van der Waals surface area contributed by atoms with Gasteiger partial charge in [0.25, 0.3) is 0 Å². The second-order valence-electron chi connectivity index (χ2n) is 7.98. The van der Waals surface area contributed by atoms with Crippen molar-refractivity contribution in [2.45, 2.75) is 39.0 Å². The van der Waals surface area contributed by atoms with E-state index in [0.717, 1.165) is 54.8 Å². The third kappa shape index (κ3) is 6.04. The Balaban J connectivity index is 1.29. The quantitative estimate of drug-likeness (QED) is 0.536. The van der Waals surface area contributed by atoms with Crippen molar-refractivity contribution in [1.82, 2.24) is 9.97 Å². The molecule has 1 aliphatic heterocycles. The number of anilines is 4. The third-order valence-electron chi connectivity index (χ3n) is 5.38. The molecule has 0 atom stereocenters. The number of carbonyl (C=O) groups excluding carboxylic acids is 1. The van der Waals surface area contributed by atoms with Crippen molar-refractivity contribution in [3.05, 3.63) is 71.9 Å². The summed E-state index contributed by atoms with van der Waals surface area (Å²) in [6, 6.07) is 19.9. The van der Waals surface area contributed by atoms with E-state index >= 15 is 0 Å². The van der Waals surface area contributed by atoms with E-state index in [1.165, 1.54) is 18.4 Å². The lowest BCUT2D eigenvalue weighted by Crippen LogP contribution is -2.21. The molecular formula is C25H29N5O. The number of aryl methyl sites for hydroxylation is 2. The van der Waals surface area contributed by atoms with Crippen molar-refractivity contribution in [2.75, 3.05) is 28.6 Å². The minimum absolute atomic E-state index is 0.0401. The fraction of sp³-hybridized carbons (Fsp3) is 0.320. The van der Waals surface area contributed by atoms with Crippen molar-refractivity contribution in [2.24, 2.45) is 0 Å². The number of hydrogen-bond acceptors (Lipinski definition) is 5. The van der Waals surface area contributed by atoms with Gasteiger partial charge in [0, 0.05) is 42.6 Å². The molecule has 0 saturated carbocycles. The molecule has 4 rings (SSSR count). The highest BCUT2D eigenvalue weighted by Crippen LogP contribution is 2.22. The van der Waals surface area contributed by atoms with Crippen LogP contribution < -0.4 is 15.5 Å². The summed E-state index contributed by atoms with van der Waals surface area (Å²) in [4.78, 5) is 23.7. The standard InChI is InChI=1S/C25H29N5O/c1-19-18-23(29-25(26-19)30-16-5-6-17-30)27-21-12-14-22(15-13-21)28-24(31)11-7-10-20-8-3-2-4-9-20/h2-4,8-9,12-15,18H,5-7,10-11,16-17H2,1H3,(H,28,31)(H,26,27,29). The van der Waals surface area contributed by atoms with Gasteiger partial charge in [0.15, 0.2) is 0 Å². The number of hydrogen-bond donors (Lipinski definition) is 2. The van der Waals surface area contributed by atoms with Gasteiger partial charge < -0.3 is 15.5 Å². The molecule has 0 spiro atoms. The lowest BCUT2D eigenvalue weighted by Gasteiger charge is -2.17. The summed E-state index contributed by atoms with van der Waals surface area (Å²) < 4.78 is 0. The molecule has 0 unspecified atom stereocenters. The van der Waals surface area contributed by atoms with E-state index in [0.29, 0.717) is 6.42 Å². The number of carbonyl (C=O) groups is 1. The van der Waals surface area contributed by atoms with Gasteiger partial charge in [-0.05, 0) is 62.4 Å². The molecule has 160 valence electrons. The molecule has 1 saturated heterocycles. The average molecular weight is 416 g/mol. The number of benzene rings is 2. The molecule has 1 aromatic heterocycles. The topological polar surface area (TPSA) is 70.2 Å². The van der Waals surface area contributed by atoms with Crippen molar-refractivity contribution in [3.8, 4) is 0 Å². The average Bonchev–Trinajstić information content (AvgIpc) is 3.31. The maximum Gasteiger partial charge on any atom is 0.227 e. The highest BCUT2D eigenvalue weighted by molar-refractivity contribution is 5.90. The van der Waals surface area contributed by atoms with Crippen molar-refractivity contribution in [1.29, 1.82) is 0 Å². The Bertz CT molecular complexity index is 998. The predicted octanol–water partition coefficient (Wildman–Crippen LogP) is 5.09. The molecule has 31 heavy (non-hydrogen) atoms. The second kappa shape index (κ2) is 10.1. The van der Waals surface area contributed by atoms with E-state index in [9.17, 15) is 4.79 Å². The third-order valence-corrected chi connectivity index (χ3v) is 5.38. The van der Waals surface area contributed by atoms with Crippen LogP contribution in [0.3, 0.4) is 0 Å². The summed E-state index contributed by atoms with van der Waals surface area (Å²) >= 11 is 0. The van der Waals surface area contributed by atoms with E-state index in [2.05, 4.69) is 37.6 Å². The van der Waals surface area contributed by atoms with Gasteiger partial charge in [0.05, 0.1) is 0 Å². The molecule has 2 aromatic carbocycles. The first-order valence-electron chi connectivity index (χ1n) is 11.0. The Hall–Kier alpha value is -3.41. The first kappa shape index (κ1) is 20.8. The van der Waals surface area contributed by atoms with E-state index in [1.807, 2.05) is 55.5 Å². The molecule has 1 amide bonds. The van der Waals surface area contributed by atoms with Crippen LogP contribution in [0.4, 0.5) is 23.1 Å². The summed E-state index contributed by atoms with van der Waals surface area (Å²) in [6.07, 6.45) is 4.64. The maximum atomic E-state index is 12.2. The molecular weight excluding hydrogens is 386 g/mol. The monoisotopic (exact) mass is 415 g/mol. The van der Waals surface area contributed by atoms with Crippen LogP contribution in [0, 0.1) is 6.92 Å². The van der Waals surface area contributed by atoms with Crippen LogP contribution >= 0.6 is 0 Å². The van der Waals surface area contributed by atoms with Gasteiger partial charge in [-0.15, -0.1) is 0 Å². The Morgan fingerprint density at radius 2 is 1.68 bits per heavy atom. The van der Waals surface area contributed by atoms with E-state index in [4.69, 9.17) is 0 Å². The zero-order chi connectivity index (χ0) is 21.5. The van der Waals surface area contributed by atoms with Gasteiger partial charge in [-0.2, -0.15) is 4.98 Å². The van der Waals surface area contributed by atoms with Gasteiger partial charge in [-0.3, -0.25) is 4.79 Å². The highest BCUT2D eigenvalue weighted by Gasteiger charge is 2.16. The largest absolute Gasteiger partial charge is 0.341 e. The zero-order valence-corrected chi connectivity index (χ0v) is 18.0. The Morgan fingerprint density at radius 3 is 2.42 bits per heavy atom. The van der Waals surface area contributed by atoms with E-state index in [-0.39, 0.29) is 5.91 Å². The Kier molecular flexibility index (Phi) is 6.77. The summed E-state index contributed by atoms with van der Waals surface area (Å²) in [7, 11) is 0. The summed E-state index contributed by atoms with van der Waals surface area (Å²) in [5, 5.41) is 6.33. The predicted molar refractivity (Wildman–Crippen MR) is 126 cm³/mol. The first-order valence-corrected chi connectivity index (χ1v) is 11.0. The van der Waals surface area contributed by atoms with Crippen LogP contribution in [0.1, 0.15) is 36.9 Å². The summed E-state index contributed by atoms with van der Waals surface area (Å²) in [5.41, 5.74) is 3.93. The molecule has 1 fully saturated rings. The van der Waals surface area contributed by atoms with E-state index in [1.54, 1.807) is 0 Å². The summed E-state index contributed by atoms with van der Waals surface area (Å²) in [6.45, 7) is 4.02. The number of nitrogens with zero attached hydrogens (tertiary/aromatic N) is 3. The van der Waals surface area contributed by atoms with Crippen molar-refractivity contribution in [3.63, 3.8) is 0 Å². The first-order chi connectivity index (χ1) is 15.2. The fourth-order valence-corrected chi connectivity index (χ4v) is 3.78. The Labute approximate surface area is 183 Å². The summed E-state index contributed by atoms with van der Waals surface area (Å²) in [5.74, 6) is 1.62. The van der Waals surface area contributed by atoms with Gasteiger partial charge in [0.2, 0.25) is 11.9 Å².